The molecule has 8 nitrogen and oxygen atoms in total. The number of ketones is 1. The fraction of sp³-hybridized carbons (Fsp3) is 0.333. The van der Waals surface area contributed by atoms with E-state index in [9.17, 15) is 18.4 Å². The maximum absolute atomic E-state index is 13.6. The Hall–Kier alpha value is -3.49. The molecular formula is C21H23F2N5O3. The monoisotopic (exact) mass is 431 g/mol. The maximum atomic E-state index is 13.6. The Morgan fingerprint density at radius 1 is 1.16 bits per heavy atom. The lowest BCUT2D eigenvalue weighted by molar-refractivity contribution is -0.121. The van der Waals surface area contributed by atoms with E-state index in [2.05, 4.69) is 15.3 Å². The number of hydrogen-bond acceptors (Lipinski definition) is 5. The Morgan fingerprint density at radius 2 is 1.87 bits per heavy atom. The van der Waals surface area contributed by atoms with E-state index >= 15 is 0 Å². The molecule has 2 rings (SSSR count). The highest BCUT2D eigenvalue weighted by atomic mass is 19.1. The number of nitrogens with one attached hydrogen (secondary N) is 1. The summed E-state index contributed by atoms with van der Waals surface area (Å²) in [6, 6.07) is 8.53. The van der Waals surface area contributed by atoms with Crippen molar-refractivity contribution in [1.29, 1.82) is 0 Å². The standard InChI is InChI=1S/C21H23F2N5O3/c22-16-7-4-8-17(23)20(16)31-12-10-19(29)18(9-1-2-11-24)26-21(30)14-5-3-6-15(13-14)27-28-25/h3-8,13,18H,1-2,9-12,24H2,(H,26,30)/t18-/m0/s1. The topological polar surface area (TPSA) is 130 Å². The predicted octanol–water partition coefficient (Wildman–Crippen LogP) is 4.17. The van der Waals surface area contributed by atoms with Crippen molar-refractivity contribution in [3.8, 4) is 5.75 Å². The van der Waals surface area contributed by atoms with Crippen LogP contribution in [0.25, 0.3) is 10.4 Å². The van der Waals surface area contributed by atoms with Crippen LogP contribution in [0.5, 0.6) is 5.75 Å². The molecule has 0 aromatic heterocycles. The molecule has 1 amide bonds. The van der Waals surface area contributed by atoms with Crippen molar-refractivity contribution in [2.75, 3.05) is 13.2 Å². The van der Waals surface area contributed by atoms with Crippen LogP contribution in [0.1, 0.15) is 36.0 Å². The Balaban J connectivity index is 2.02. The first-order chi connectivity index (χ1) is 15.0. The summed E-state index contributed by atoms with van der Waals surface area (Å²) in [7, 11) is 0. The van der Waals surface area contributed by atoms with E-state index in [-0.39, 0.29) is 30.1 Å². The van der Waals surface area contributed by atoms with Gasteiger partial charge in [-0.1, -0.05) is 23.3 Å². The SMILES string of the molecule is [N-]=[N+]=Nc1cccc(C(=O)N[C@@H](CCCCN)C(=O)CCOc2c(F)cccc2F)c1. The number of Topliss-reactive ketones (excluding diaryl/α,β-unsaturated/α-hetero) is 1. The summed E-state index contributed by atoms with van der Waals surface area (Å²) in [5.41, 5.74) is 14.5. The Morgan fingerprint density at radius 3 is 2.55 bits per heavy atom. The first kappa shape index (κ1) is 23.8. The number of hydrogen-bond donors (Lipinski definition) is 2. The Kier molecular flexibility index (Phi) is 9.41. The molecule has 1 atom stereocenters. The predicted molar refractivity (Wildman–Crippen MR) is 111 cm³/mol. The van der Waals surface area contributed by atoms with Gasteiger partial charge in [-0.3, -0.25) is 9.59 Å². The number of carbonyl (C=O) groups is 2. The molecule has 0 aliphatic carbocycles. The van der Waals surface area contributed by atoms with E-state index in [0.717, 1.165) is 12.1 Å². The number of nitrogens with two attached hydrogens (primary N) is 1. The van der Waals surface area contributed by atoms with Crippen LogP contribution in [0.15, 0.2) is 47.6 Å². The van der Waals surface area contributed by atoms with Gasteiger partial charge in [0.15, 0.2) is 23.2 Å². The third-order valence-electron chi connectivity index (χ3n) is 4.42. The molecule has 0 spiro atoms. The third kappa shape index (κ3) is 7.36. The van der Waals surface area contributed by atoms with Crippen molar-refractivity contribution in [3.63, 3.8) is 0 Å². The van der Waals surface area contributed by atoms with E-state index in [1.807, 2.05) is 0 Å². The summed E-state index contributed by atoms with van der Waals surface area (Å²) in [5, 5.41) is 6.12. The van der Waals surface area contributed by atoms with Gasteiger partial charge in [-0.2, -0.15) is 0 Å². The molecule has 0 fully saturated rings. The highest BCUT2D eigenvalue weighted by molar-refractivity contribution is 5.98. The van der Waals surface area contributed by atoms with Gasteiger partial charge in [0.1, 0.15) is 0 Å². The van der Waals surface area contributed by atoms with Crippen molar-refractivity contribution in [1.82, 2.24) is 5.32 Å². The lowest BCUT2D eigenvalue weighted by Crippen LogP contribution is -2.41. The zero-order valence-corrected chi connectivity index (χ0v) is 16.8. The minimum atomic E-state index is -0.861. The fourth-order valence-corrected chi connectivity index (χ4v) is 2.86. The molecule has 0 unspecified atom stereocenters. The van der Waals surface area contributed by atoms with Crippen LogP contribution in [0, 0.1) is 11.6 Å². The van der Waals surface area contributed by atoms with Gasteiger partial charge in [-0.05, 0) is 55.6 Å². The number of carbonyl (C=O) groups excluding carboxylic acids is 2. The van der Waals surface area contributed by atoms with Gasteiger partial charge in [0.2, 0.25) is 0 Å². The molecule has 0 saturated carbocycles. The van der Waals surface area contributed by atoms with E-state index in [1.54, 1.807) is 12.1 Å². The minimum absolute atomic E-state index is 0.153. The van der Waals surface area contributed by atoms with Crippen molar-refractivity contribution in [2.45, 2.75) is 31.7 Å². The average molecular weight is 431 g/mol. The number of para-hydroxylation sites is 1. The molecule has 0 saturated heterocycles. The molecule has 10 heteroatoms. The zero-order chi connectivity index (χ0) is 22.6. The van der Waals surface area contributed by atoms with Crippen molar-refractivity contribution < 1.29 is 23.1 Å². The summed E-state index contributed by atoms with van der Waals surface area (Å²) in [6.45, 7) is 0.199. The Bertz CT molecular complexity index is 944. The highest BCUT2D eigenvalue weighted by Gasteiger charge is 2.21. The number of unbranched alkanes of at least 4 members (excludes halogenated alkanes) is 1. The van der Waals surface area contributed by atoms with Crippen LogP contribution in [0.4, 0.5) is 14.5 Å². The molecule has 0 aliphatic rings. The first-order valence-corrected chi connectivity index (χ1v) is 9.72. The molecule has 0 bridgehead atoms. The van der Waals surface area contributed by atoms with Crippen LogP contribution in [-0.2, 0) is 4.79 Å². The van der Waals surface area contributed by atoms with Gasteiger partial charge in [-0.15, -0.1) is 0 Å². The van der Waals surface area contributed by atoms with Crippen LogP contribution < -0.4 is 15.8 Å². The lowest BCUT2D eigenvalue weighted by atomic mass is 10.0. The number of amides is 1. The molecular weight excluding hydrogens is 408 g/mol. The maximum Gasteiger partial charge on any atom is 0.251 e. The van der Waals surface area contributed by atoms with Gasteiger partial charge in [0.05, 0.1) is 12.6 Å². The number of azide groups is 1. The van der Waals surface area contributed by atoms with Gasteiger partial charge < -0.3 is 15.8 Å². The Labute approximate surface area is 178 Å². The number of rotatable bonds is 12. The number of benzene rings is 2. The summed E-state index contributed by atoms with van der Waals surface area (Å²) in [4.78, 5) is 27.9. The molecule has 2 aromatic carbocycles. The highest BCUT2D eigenvalue weighted by Crippen LogP contribution is 2.21. The zero-order valence-electron chi connectivity index (χ0n) is 16.8. The molecule has 0 aliphatic heterocycles. The molecule has 31 heavy (non-hydrogen) atoms. The van der Waals surface area contributed by atoms with Crippen LogP contribution >= 0.6 is 0 Å². The van der Waals surface area contributed by atoms with Crippen molar-refractivity contribution in [2.24, 2.45) is 10.8 Å². The van der Waals surface area contributed by atoms with Crippen LogP contribution in [0.2, 0.25) is 0 Å². The number of nitrogens with zero attached hydrogens (tertiary/aromatic N) is 3. The molecule has 0 radical (unpaired) electrons. The second-order valence-corrected chi connectivity index (χ2v) is 6.67. The van der Waals surface area contributed by atoms with Crippen molar-refractivity contribution in [3.05, 3.63) is 70.1 Å². The van der Waals surface area contributed by atoms with Gasteiger partial charge >= 0.3 is 0 Å². The van der Waals surface area contributed by atoms with Crippen LogP contribution in [0.3, 0.4) is 0 Å². The summed E-state index contributed by atoms with van der Waals surface area (Å²) >= 11 is 0. The van der Waals surface area contributed by atoms with E-state index < -0.39 is 29.3 Å². The van der Waals surface area contributed by atoms with E-state index in [1.165, 1.54) is 18.2 Å². The molecule has 2 aromatic rings. The fourth-order valence-electron chi connectivity index (χ4n) is 2.86. The van der Waals surface area contributed by atoms with Gasteiger partial charge in [0, 0.05) is 22.6 Å². The summed E-state index contributed by atoms with van der Waals surface area (Å²) in [5.74, 6) is -3.12. The van der Waals surface area contributed by atoms with Gasteiger partial charge in [-0.25, -0.2) is 8.78 Å². The number of halogens is 2. The second-order valence-electron chi connectivity index (χ2n) is 6.67. The summed E-state index contributed by atoms with van der Waals surface area (Å²) < 4.78 is 32.4. The first-order valence-electron chi connectivity index (χ1n) is 9.72. The van der Waals surface area contributed by atoms with Crippen LogP contribution in [-0.4, -0.2) is 30.9 Å². The van der Waals surface area contributed by atoms with Gasteiger partial charge in [0.25, 0.3) is 5.91 Å². The minimum Gasteiger partial charge on any atom is -0.487 e. The number of ether oxygens (including phenoxy) is 1. The molecule has 164 valence electrons. The normalized spacial score (nSPS) is 11.3. The van der Waals surface area contributed by atoms with E-state index in [0.29, 0.717) is 25.8 Å². The average Bonchev–Trinajstić information content (AvgIpc) is 2.75. The molecule has 3 N–H and O–H groups in total. The second kappa shape index (κ2) is 12.3. The smallest absolute Gasteiger partial charge is 0.251 e. The lowest BCUT2D eigenvalue weighted by Gasteiger charge is -2.18. The third-order valence-corrected chi connectivity index (χ3v) is 4.42. The molecule has 0 heterocycles. The van der Waals surface area contributed by atoms with Crippen molar-refractivity contribution >= 4 is 17.4 Å². The quantitative estimate of drug-likeness (QED) is 0.226. The largest absolute Gasteiger partial charge is 0.487 e. The van der Waals surface area contributed by atoms with E-state index in [4.69, 9.17) is 16.0 Å². The summed E-state index contributed by atoms with van der Waals surface area (Å²) in [6.07, 6.45) is 1.48.